The molecule has 0 bridgehead atoms. The summed E-state index contributed by atoms with van der Waals surface area (Å²) in [7, 11) is 0. The number of rotatable bonds is 1. The molecule has 2 atom stereocenters. The van der Waals surface area contributed by atoms with E-state index in [0.717, 1.165) is 11.1 Å². The van der Waals surface area contributed by atoms with E-state index in [0.29, 0.717) is 17.2 Å². The van der Waals surface area contributed by atoms with Gasteiger partial charge in [0.05, 0.1) is 0 Å². The second kappa shape index (κ2) is 4.83. The number of nitrogens with two attached hydrogens (primary N) is 1. The Morgan fingerprint density at radius 3 is 2.84 bits per heavy atom. The molecule has 2 aromatic carbocycles. The summed E-state index contributed by atoms with van der Waals surface area (Å²) in [5.41, 5.74) is 7.81. The first-order valence-corrected chi connectivity index (χ1v) is 6.48. The van der Waals surface area contributed by atoms with Gasteiger partial charge in [0.2, 0.25) is 0 Å². The number of ether oxygens (including phenoxy) is 1. The number of benzene rings is 2. The lowest BCUT2D eigenvalue weighted by Crippen LogP contribution is -2.24. The van der Waals surface area contributed by atoms with Crippen molar-refractivity contribution in [2.24, 2.45) is 5.73 Å². The molecule has 1 unspecified atom stereocenters. The fourth-order valence-electron chi connectivity index (χ4n) is 2.39. The van der Waals surface area contributed by atoms with Crippen LogP contribution in [0.15, 0.2) is 42.5 Å². The van der Waals surface area contributed by atoms with Crippen molar-refractivity contribution in [3.8, 4) is 5.75 Å². The Kier molecular flexibility index (Phi) is 3.17. The SMILES string of the molecule is N[C@H]1CC(c2cccc(Cl)c2)Oc2ccc(F)cc21. The third-order valence-corrected chi connectivity index (χ3v) is 3.56. The van der Waals surface area contributed by atoms with E-state index < -0.39 is 0 Å². The normalized spacial score (nSPS) is 21.6. The lowest BCUT2D eigenvalue weighted by molar-refractivity contribution is 0.161. The van der Waals surface area contributed by atoms with Crippen LogP contribution in [0.1, 0.15) is 29.7 Å². The molecular weight excluding hydrogens is 265 g/mol. The fourth-order valence-corrected chi connectivity index (χ4v) is 2.59. The van der Waals surface area contributed by atoms with Gasteiger partial charge in [-0.1, -0.05) is 23.7 Å². The van der Waals surface area contributed by atoms with E-state index in [1.807, 2.05) is 24.3 Å². The Morgan fingerprint density at radius 2 is 2.05 bits per heavy atom. The highest BCUT2D eigenvalue weighted by atomic mass is 35.5. The van der Waals surface area contributed by atoms with Crippen molar-refractivity contribution < 1.29 is 9.13 Å². The number of halogens is 2. The summed E-state index contributed by atoms with van der Waals surface area (Å²) in [4.78, 5) is 0. The summed E-state index contributed by atoms with van der Waals surface area (Å²) in [6.07, 6.45) is 0.461. The number of fused-ring (bicyclic) bond motifs is 1. The molecular formula is C15H13ClFNO. The van der Waals surface area contributed by atoms with Gasteiger partial charge < -0.3 is 10.5 Å². The summed E-state index contributed by atoms with van der Waals surface area (Å²) in [6, 6.07) is 11.7. The van der Waals surface area contributed by atoms with Crippen molar-refractivity contribution in [1.82, 2.24) is 0 Å². The maximum atomic E-state index is 13.2. The summed E-state index contributed by atoms with van der Waals surface area (Å²) < 4.78 is 19.1. The zero-order valence-corrected chi connectivity index (χ0v) is 10.9. The standard InChI is InChI=1S/C15H13ClFNO/c16-10-3-1-2-9(6-10)15-8-13(18)12-7-11(17)4-5-14(12)19-15/h1-7,13,15H,8,18H2/t13-,15?/m0/s1. The molecule has 0 aromatic heterocycles. The Morgan fingerprint density at radius 1 is 1.21 bits per heavy atom. The highest BCUT2D eigenvalue weighted by Crippen LogP contribution is 2.40. The van der Waals surface area contributed by atoms with Gasteiger partial charge in [-0.25, -0.2) is 4.39 Å². The molecule has 2 nitrogen and oxygen atoms in total. The van der Waals surface area contributed by atoms with Gasteiger partial charge in [0, 0.05) is 23.0 Å². The molecule has 0 spiro atoms. The van der Waals surface area contributed by atoms with E-state index in [-0.39, 0.29) is 18.0 Å². The molecule has 0 saturated carbocycles. The van der Waals surface area contributed by atoms with Gasteiger partial charge in [0.25, 0.3) is 0 Å². The van der Waals surface area contributed by atoms with E-state index >= 15 is 0 Å². The maximum absolute atomic E-state index is 13.2. The molecule has 0 aliphatic carbocycles. The quantitative estimate of drug-likeness (QED) is 0.855. The summed E-state index contributed by atoms with van der Waals surface area (Å²) in [6.45, 7) is 0. The second-order valence-corrected chi connectivity index (χ2v) is 5.12. The molecule has 0 saturated heterocycles. The third kappa shape index (κ3) is 2.44. The average Bonchev–Trinajstić information content (AvgIpc) is 2.39. The third-order valence-electron chi connectivity index (χ3n) is 3.33. The number of hydrogen-bond donors (Lipinski definition) is 1. The number of hydrogen-bond acceptors (Lipinski definition) is 2. The van der Waals surface area contributed by atoms with Crippen molar-refractivity contribution in [3.05, 3.63) is 64.4 Å². The lowest BCUT2D eigenvalue weighted by atomic mass is 9.93. The minimum Gasteiger partial charge on any atom is -0.485 e. The molecule has 0 fully saturated rings. The van der Waals surface area contributed by atoms with Crippen LogP contribution < -0.4 is 10.5 Å². The maximum Gasteiger partial charge on any atom is 0.126 e. The molecule has 3 rings (SSSR count). The van der Waals surface area contributed by atoms with Crippen LogP contribution >= 0.6 is 11.6 Å². The van der Waals surface area contributed by atoms with Crippen LogP contribution in [0.2, 0.25) is 5.02 Å². The lowest BCUT2D eigenvalue weighted by Gasteiger charge is -2.30. The van der Waals surface area contributed by atoms with Crippen LogP contribution in [0.5, 0.6) is 5.75 Å². The van der Waals surface area contributed by atoms with Gasteiger partial charge in [-0.05, 0) is 35.9 Å². The summed E-state index contributed by atoms with van der Waals surface area (Å²) >= 11 is 5.99. The minimum atomic E-state index is -0.293. The molecule has 0 amide bonds. The van der Waals surface area contributed by atoms with Gasteiger partial charge in [-0.2, -0.15) is 0 Å². The largest absolute Gasteiger partial charge is 0.485 e. The van der Waals surface area contributed by atoms with E-state index in [4.69, 9.17) is 22.1 Å². The molecule has 2 N–H and O–H groups in total. The van der Waals surface area contributed by atoms with Crippen molar-refractivity contribution in [3.63, 3.8) is 0 Å². The first-order valence-electron chi connectivity index (χ1n) is 6.10. The van der Waals surface area contributed by atoms with Crippen LogP contribution in [0, 0.1) is 5.82 Å². The zero-order chi connectivity index (χ0) is 13.4. The van der Waals surface area contributed by atoms with Gasteiger partial charge in [-0.15, -0.1) is 0 Å². The van der Waals surface area contributed by atoms with Crippen LogP contribution in [0.3, 0.4) is 0 Å². The van der Waals surface area contributed by atoms with Crippen LogP contribution in [-0.2, 0) is 0 Å². The van der Waals surface area contributed by atoms with E-state index in [1.165, 1.54) is 12.1 Å². The fraction of sp³-hybridized carbons (Fsp3) is 0.200. The first kappa shape index (κ1) is 12.5. The van der Waals surface area contributed by atoms with Gasteiger partial charge in [0.1, 0.15) is 17.7 Å². The first-order chi connectivity index (χ1) is 9.13. The van der Waals surface area contributed by atoms with E-state index in [1.54, 1.807) is 6.07 Å². The summed E-state index contributed by atoms with van der Waals surface area (Å²) in [5.74, 6) is 0.351. The smallest absolute Gasteiger partial charge is 0.126 e. The topological polar surface area (TPSA) is 35.2 Å². The Hall–Kier alpha value is -1.58. The van der Waals surface area contributed by atoms with Crippen molar-refractivity contribution in [2.75, 3.05) is 0 Å². The Balaban J connectivity index is 1.95. The minimum absolute atomic E-state index is 0.147. The van der Waals surface area contributed by atoms with Crippen LogP contribution in [0.4, 0.5) is 4.39 Å². The Bertz CT molecular complexity index is 617. The molecule has 19 heavy (non-hydrogen) atoms. The zero-order valence-electron chi connectivity index (χ0n) is 10.1. The molecule has 1 aliphatic rings. The van der Waals surface area contributed by atoms with Crippen molar-refractivity contribution >= 4 is 11.6 Å². The van der Waals surface area contributed by atoms with Crippen molar-refractivity contribution in [2.45, 2.75) is 18.6 Å². The Labute approximate surface area is 115 Å². The average molecular weight is 278 g/mol. The van der Waals surface area contributed by atoms with Gasteiger partial charge in [0.15, 0.2) is 0 Å². The second-order valence-electron chi connectivity index (χ2n) is 4.69. The molecule has 2 aromatic rings. The monoisotopic (exact) mass is 277 g/mol. The van der Waals surface area contributed by atoms with Gasteiger partial charge in [-0.3, -0.25) is 0 Å². The van der Waals surface area contributed by atoms with E-state index in [2.05, 4.69) is 0 Å². The molecule has 98 valence electrons. The predicted molar refractivity (Wildman–Crippen MR) is 72.8 cm³/mol. The van der Waals surface area contributed by atoms with Crippen LogP contribution in [0.25, 0.3) is 0 Å². The molecule has 4 heteroatoms. The van der Waals surface area contributed by atoms with E-state index in [9.17, 15) is 4.39 Å². The highest BCUT2D eigenvalue weighted by Gasteiger charge is 2.27. The summed E-state index contributed by atoms with van der Waals surface area (Å²) in [5, 5.41) is 0.666. The molecule has 0 radical (unpaired) electrons. The van der Waals surface area contributed by atoms with Crippen molar-refractivity contribution in [1.29, 1.82) is 0 Å². The van der Waals surface area contributed by atoms with Crippen LogP contribution in [-0.4, -0.2) is 0 Å². The highest BCUT2D eigenvalue weighted by molar-refractivity contribution is 6.30. The molecule has 1 aliphatic heterocycles. The molecule has 1 heterocycles. The predicted octanol–water partition coefficient (Wildman–Crippen LogP) is 4.00. The van der Waals surface area contributed by atoms with Gasteiger partial charge >= 0.3 is 0 Å².